The van der Waals surface area contributed by atoms with E-state index in [1.807, 2.05) is 0 Å². The summed E-state index contributed by atoms with van der Waals surface area (Å²) in [6, 6.07) is 5.45. The summed E-state index contributed by atoms with van der Waals surface area (Å²) in [6.07, 6.45) is 0.497. The molecule has 3 rings (SSSR count). The predicted molar refractivity (Wildman–Crippen MR) is 95.4 cm³/mol. The smallest absolute Gasteiger partial charge is 0.230 e. The number of carbonyl (C=O) groups excluding carboxylic acids is 1. The molecule has 0 spiro atoms. The van der Waals surface area contributed by atoms with Gasteiger partial charge >= 0.3 is 0 Å². The molecule has 0 aliphatic heterocycles. The van der Waals surface area contributed by atoms with Crippen LogP contribution in [-0.4, -0.2) is 15.9 Å². The van der Waals surface area contributed by atoms with Gasteiger partial charge in [-0.3, -0.25) is 4.79 Å². The van der Waals surface area contributed by atoms with E-state index in [1.165, 1.54) is 30.5 Å². The van der Waals surface area contributed by atoms with Crippen LogP contribution in [0, 0.1) is 34.9 Å². The number of halogens is 6. The van der Waals surface area contributed by atoms with Gasteiger partial charge in [-0.25, -0.2) is 36.3 Å². The SMILES string of the molecule is CCc1nc(-c2ccc(F)cc2)cnc1NC(=O)Cc1c(F)c(F)c(F)c(F)c1F. The van der Waals surface area contributed by atoms with Crippen molar-refractivity contribution in [3.8, 4) is 11.3 Å². The Hall–Kier alpha value is -3.43. The average molecular weight is 425 g/mol. The fraction of sp³-hybridized carbons (Fsp3) is 0.150. The first-order chi connectivity index (χ1) is 14.2. The molecule has 0 aliphatic rings. The van der Waals surface area contributed by atoms with Crippen LogP contribution in [0.15, 0.2) is 30.5 Å². The highest BCUT2D eigenvalue weighted by atomic mass is 19.2. The Morgan fingerprint density at radius 3 is 2.03 bits per heavy atom. The lowest BCUT2D eigenvalue weighted by atomic mass is 10.1. The molecule has 1 N–H and O–H groups in total. The van der Waals surface area contributed by atoms with Crippen LogP contribution < -0.4 is 5.32 Å². The van der Waals surface area contributed by atoms with Crippen LogP contribution in [0.4, 0.5) is 32.2 Å². The normalized spacial score (nSPS) is 10.9. The fourth-order valence-electron chi connectivity index (χ4n) is 2.68. The van der Waals surface area contributed by atoms with Crippen molar-refractivity contribution in [2.24, 2.45) is 0 Å². The summed E-state index contributed by atoms with van der Waals surface area (Å²) < 4.78 is 80.3. The first-order valence-electron chi connectivity index (χ1n) is 8.64. The van der Waals surface area contributed by atoms with E-state index in [0.29, 0.717) is 23.4 Å². The Morgan fingerprint density at radius 1 is 0.900 bits per heavy atom. The van der Waals surface area contributed by atoms with Gasteiger partial charge in [0.25, 0.3) is 0 Å². The number of hydrogen-bond acceptors (Lipinski definition) is 3. The molecule has 30 heavy (non-hydrogen) atoms. The van der Waals surface area contributed by atoms with Crippen LogP contribution in [0.1, 0.15) is 18.2 Å². The van der Waals surface area contributed by atoms with Gasteiger partial charge in [0, 0.05) is 11.1 Å². The van der Waals surface area contributed by atoms with Crippen molar-refractivity contribution in [2.75, 3.05) is 5.32 Å². The number of aryl methyl sites for hydroxylation is 1. The van der Waals surface area contributed by atoms with Crippen molar-refractivity contribution >= 4 is 11.7 Å². The molecule has 3 aromatic rings. The summed E-state index contributed by atoms with van der Waals surface area (Å²) in [5.74, 6) is -12.2. The molecule has 0 unspecified atom stereocenters. The molecule has 0 saturated heterocycles. The van der Waals surface area contributed by atoms with Gasteiger partial charge < -0.3 is 5.32 Å². The third-order valence-electron chi connectivity index (χ3n) is 4.22. The summed E-state index contributed by atoms with van der Waals surface area (Å²) >= 11 is 0. The second-order valence-corrected chi connectivity index (χ2v) is 6.18. The van der Waals surface area contributed by atoms with E-state index in [4.69, 9.17) is 0 Å². The average Bonchev–Trinajstić information content (AvgIpc) is 2.75. The molecule has 1 aromatic heterocycles. The fourth-order valence-corrected chi connectivity index (χ4v) is 2.68. The van der Waals surface area contributed by atoms with Gasteiger partial charge in [-0.05, 0) is 30.7 Å². The van der Waals surface area contributed by atoms with Crippen molar-refractivity contribution in [3.63, 3.8) is 0 Å². The summed E-state index contributed by atoms with van der Waals surface area (Å²) in [7, 11) is 0. The number of nitrogens with zero attached hydrogens (tertiary/aromatic N) is 2. The van der Waals surface area contributed by atoms with Crippen LogP contribution in [0.2, 0.25) is 0 Å². The highest BCUT2D eigenvalue weighted by molar-refractivity contribution is 5.92. The van der Waals surface area contributed by atoms with Crippen LogP contribution in [0.5, 0.6) is 0 Å². The summed E-state index contributed by atoms with van der Waals surface area (Å²) in [6.45, 7) is 1.71. The largest absolute Gasteiger partial charge is 0.309 e. The maximum atomic E-state index is 13.8. The van der Waals surface area contributed by atoms with Crippen molar-refractivity contribution < 1.29 is 31.1 Å². The topological polar surface area (TPSA) is 54.9 Å². The zero-order valence-corrected chi connectivity index (χ0v) is 15.4. The van der Waals surface area contributed by atoms with Gasteiger partial charge in [0.15, 0.2) is 29.1 Å². The molecule has 0 aliphatic carbocycles. The zero-order valence-electron chi connectivity index (χ0n) is 15.4. The van der Waals surface area contributed by atoms with E-state index in [0.717, 1.165) is 0 Å². The molecule has 2 aromatic carbocycles. The second-order valence-electron chi connectivity index (χ2n) is 6.18. The van der Waals surface area contributed by atoms with E-state index in [1.54, 1.807) is 6.92 Å². The molecule has 10 heteroatoms. The van der Waals surface area contributed by atoms with Crippen LogP contribution >= 0.6 is 0 Å². The summed E-state index contributed by atoms with van der Waals surface area (Å²) in [5, 5.41) is 2.26. The van der Waals surface area contributed by atoms with E-state index < -0.39 is 52.8 Å². The molecule has 1 amide bonds. The lowest BCUT2D eigenvalue weighted by Crippen LogP contribution is -2.20. The first kappa shape index (κ1) is 21.3. The minimum absolute atomic E-state index is 0.0303. The number of rotatable bonds is 5. The van der Waals surface area contributed by atoms with Crippen LogP contribution in [-0.2, 0) is 17.6 Å². The third-order valence-corrected chi connectivity index (χ3v) is 4.22. The van der Waals surface area contributed by atoms with Crippen molar-refractivity contribution in [2.45, 2.75) is 19.8 Å². The molecular weight excluding hydrogens is 412 g/mol. The minimum atomic E-state index is -2.30. The van der Waals surface area contributed by atoms with E-state index in [9.17, 15) is 31.1 Å². The highest BCUT2D eigenvalue weighted by Crippen LogP contribution is 2.24. The molecule has 0 atom stereocenters. The summed E-state index contributed by atoms with van der Waals surface area (Å²) in [4.78, 5) is 20.5. The molecule has 156 valence electrons. The third kappa shape index (κ3) is 4.12. The number of benzene rings is 2. The van der Waals surface area contributed by atoms with E-state index in [2.05, 4.69) is 15.3 Å². The monoisotopic (exact) mass is 425 g/mol. The molecule has 1 heterocycles. The summed E-state index contributed by atoms with van der Waals surface area (Å²) in [5.41, 5.74) is 0.0166. The van der Waals surface area contributed by atoms with E-state index in [-0.39, 0.29) is 5.82 Å². The minimum Gasteiger partial charge on any atom is -0.309 e. The number of anilines is 1. The lowest BCUT2D eigenvalue weighted by molar-refractivity contribution is -0.115. The van der Waals surface area contributed by atoms with Crippen molar-refractivity contribution in [3.05, 3.63) is 76.6 Å². The van der Waals surface area contributed by atoms with Crippen molar-refractivity contribution in [1.29, 1.82) is 0 Å². The Kier molecular flexibility index (Phi) is 6.04. The maximum absolute atomic E-state index is 13.8. The van der Waals surface area contributed by atoms with Gasteiger partial charge in [-0.1, -0.05) is 6.92 Å². The second kappa shape index (κ2) is 8.52. The molecule has 0 bridgehead atoms. The molecule has 0 saturated carbocycles. The highest BCUT2D eigenvalue weighted by Gasteiger charge is 2.27. The number of aromatic nitrogens is 2. The van der Waals surface area contributed by atoms with E-state index >= 15 is 0 Å². The number of carbonyl (C=O) groups is 1. The van der Waals surface area contributed by atoms with Gasteiger partial charge in [-0.2, -0.15) is 0 Å². The molecular formula is C20H13F6N3O. The zero-order chi connectivity index (χ0) is 22.0. The Labute approximate surface area is 166 Å². The molecule has 4 nitrogen and oxygen atoms in total. The number of amides is 1. The molecule has 0 fully saturated rings. The Morgan fingerprint density at radius 2 is 1.47 bits per heavy atom. The van der Waals surface area contributed by atoms with Crippen LogP contribution in [0.25, 0.3) is 11.3 Å². The van der Waals surface area contributed by atoms with Crippen molar-refractivity contribution in [1.82, 2.24) is 9.97 Å². The first-order valence-corrected chi connectivity index (χ1v) is 8.64. The quantitative estimate of drug-likeness (QED) is 0.366. The Bertz CT molecular complexity index is 1090. The predicted octanol–water partition coefficient (Wildman–Crippen LogP) is 4.72. The van der Waals surface area contributed by atoms with Gasteiger partial charge in [0.2, 0.25) is 11.7 Å². The standard InChI is InChI=1S/C20H13F6N3O/c1-2-12-20(27-8-13(28-12)9-3-5-10(21)6-4-9)29-14(30)7-11-15(22)17(24)19(26)18(25)16(11)23/h3-6,8H,2,7H2,1H3,(H,27,29,30). The van der Waals surface area contributed by atoms with Gasteiger partial charge in [0.05, 0.1) is 24.0 Å². The van der Waals surface area contributed by atoms with Gasteiger partial charge in [0.1, 0.15) is 5.82 Å². The van der Waals surface area contributed by atoms with Crippen LogP contribution in [0.3, 0.4) is 0 Å². The van der Waals surface area contributed by atoms with Gasteiger partial charge in [-0.15, -0.1) is 0 Å². The maximum Gasteiger partial charge on any atom is 0.230 e. The Balaban J connectivity index is 1.85. The number of hydrogen-bond donors (Lipinski definition) is 1. The number of nitrogens with one attached hydrogen (secondary N) is 1. The lowest BCUT2D eigenvalue weighted by Gasteiger charge is -2.11. The molecule has 0 radical (unpaired) electrons.